The molecule has 0 radical (unpaired) electrons. The average Bonchev–Trinajstić information content (AvgIpc) is 3.01. The number of carbonyl (C=O) groups is 1. The minimum atomic E-state index is -1.71. The zero-order valence-corrected chi connectivity index (χ0v) is 30.5. The van der Waals surface area contributed by atoms with Gasteiger partial charge >= 0.3 is 5.97 Å². The molecule has 0 bridgehead atoms. The van der Waals surface area contributed by atoms with Crippen LogP contribution in [0, 0.1) is 0 Å². The molecule has 3 rings (SSSR count). The highest BCUT2D eigenvalue weighted by atomic mass is 28.3. The molecule has 1 fully saturated rings. The van der Waals surface area contributed by atoms with Gasteiger partial charge in [0.1, 0.15) is 17.6 Å². The minimum absolute atomic E-state index is 0.0172. The number of hydrogen-bond donors (Lipinski definition) is 0. The Morgan fingerprint density at radius 1 is 0.756 bits per heavy atom. The zero-order valence-electron chi connectivity index (χ0n) is 29.5. The SMILES string of the molecule is CCCCCCCCOc1ccc(C(=O)O[C@H]2CC[C@H](c3ccc(OCCCCCC)cc3)O[C@@H]2C[Si](C)(C)C(C)(C)C)cc1. The fourth-order valence-corrected chi connectivity index (χ4v) is 7.68. The van der Waals surface area contributed by atoms with Crippen LogP contribution in [-0.2, 0) is 9.47 Å². The van der Waals surface area contributed by atoms with E-state index in [0.29, 0.717) is 12.2 Å². The van der Waals surface area contributed by atoms with Crippen LogP contribution in [0.3, 0.4) is 0 Å². The van der Waals surface area contributed by atoms with E-state index in [-0.39, 0.29) is 29.3 Å². The summed E-state index contributed by atoms with van der Waals surface area (Å²) in [5.41, 5.74) is 1.72. The first-order valence-electron chi connectivity index (χ1n) is 17.9. The number of ether oxygens (including phenoxy) is 4. The second-order valence-electron chi connectivity index (χ2n) is 14.6. The van der Waals surface area contributed by atoms with Crippen molar-refractivity contribution in [3.05, 3.63) is 59.7 Å². The first kappa shape index (κ1) is 37.1. The lowest BCUT2D eigenvalue weighted by Crippen LogP contribution is -2.47. The monoisotopic (exact) mass is 638 g/mol. The maximum Gasteiger partial charge on any atom is 0.338 e. The van der Waals surface area contributed by atoms with Crippen molar-refractivity contribution < 1.29 is 23.7 Å². The van der Waals surface area contributed by atoms with Crippen molar-refractivity contribution in [2.24, 2.45) is 0 Å². The van der Waals surface area contributed by atoms with E-state index in [4.69, 9.17) is 18.9 Å². The summed E-state index contributed by atoms with van der Waals surface area (Å²) in [6.45, 7) is 17.8. The van der Waals surface area contributed by atoms with Crippen LogP contribution in [0.2, 0.25) is 24.2 Å². The van der Waals surface area contributed by atoms with E-state index in [1.807, 2.05) is 24.3 Å². The van der Waals surface area contributed by atoms with E-state index < -0.39 is 8.07 Å². The molecule has 0 unspecified atom stereocenters. The third kappa shape index (κ3) is 12.4. The fraction of sp³-hybridized carbons (Fsp3) is 0.667. The standard InChI is InChI=1S/C39H62O5Si/c1-8-10-12-14-15-17-29-42-34-24-20-32(21-25-34)38(40)44-36-27-26-35(43-37(36)30-45(6,7)39(3,4)5)31-18-22-33(23-19-31)41-28-16-13-11-9-2/h18-25,35-37H,8-17,26-30H2,1-7H3/t35-,36+,37-/m1/s1. The van der Waals surface area contributed by atoms with E-state index in [2.05, 4.69) is 72.0 Å². The molecular formula is C39H62O5Si. The molecule has 0 aliphatic carbocycles. The second-order valence-corrected chi connectivity index (χ2v) is 20.3. The van der Waals surface area contributed by atoms with Crippen LogP contribution in [0.25, 0.3) is 0 Å². The Morgan fingerprint density at radius 3 is 1.82 bits per heavy atom. The van der Waals surface area contributed by atoms with Crippen molar-refractivity contribution in [1.29, 1.82) is 0 Å². The maximum absolute atomic E-state index is 13.3. The van der Waals surface area contributed by atoms with E-state index >= 15 is 0 Å². The Bertz CT molecular complexity index is 1110. The van der Waals surface area contributed by atoms with Crippen molar-refractivity contribution in [2.45, 2.75) is 154 Å². The minimum Gasteiger partial charge on any atom is -0.494 e. The van der Waals surface area contributed by atoms with Crippen LogP contribution in [-0.4, -0.2) is 39.5 Å². The molecule has 3 atom stereocenters. The Kier molecular flexibility index (Phi) is 15.5. The van der Waals surface area contributed by atoms with Crippen LogP contribution in [0.5, 0.6) is 11.5 Å². The van der Waals surface area contributed by atoms with Gasteiger partial charge in [-0.3, -0.25) is 0 Å². The molecule has 0 saturated carbocycles. The zero-order chi connectivity index (χ0) is 32.7. The molecule has 1 aliphatic heterocycles. The Hall–Kier alpha value is -2.31. The number of esters is 1. The molecular weight excluding hydrogens is 577 g/mol. The molecule has 2 aromatic rings. The Balaban J connectivity index is 1.59. The molecule has 1 aliphatic rings. The van der Waals surface area contributed by atoms with Crippen molar-refractivity contribution in [3.8, 4) is 11.5 Å². The predicted molar refractivity (Wildman–Crippen MR) is 189 cm³/mol. The highest BCUT2D eigenvalue weighted by Gasteiger charge is 2.43. The maximum atomic E-state index is 13.3. The molecule has 252 valence electrons. The molecule has 0 amide bonds. The van der Waals surface area contributed by atoms with Gasteiger partial charge in [-0.15, -0.1) is 0 Å². The molecule has 2 aromatic carbocycles. The second kappa shape index (κ2) is 18.7. The lowest BCUT2D eigenvalue weighted by atomic mass is 9.96. The van der Waals surface area contributed by atoms with Crippen LogP contribution in [0.4, 0.5) is 0 Å². The molecule has 0 N–H and O–H groups in total. The smallest absolute Gasteiger partial charge is 0.338 e. The molecule has 1 heterocycles. The van der Waals surface area contributed by atoms with Gasteiger partial charge in [0.25, 0.3) is 0 Å². The Labute approximate surface area is 275 Å². The van der Waals surface area contributed by atoms with Gasteiger partial charge in [-0.05, 0) is 78.7 Å². The van der Waals surface area contributed by atoms with Gasteiger partial charge < -0.3 is 18.9 Å². The third-order valence-corrected chi connectivity index (χ3v) is 15.3. The summed E-state index contributed by atoms with van der Waals surface area (Å²) >= 11 is 0. The number of unbranched alkanes of at least 4 members (excludes halogenated alkanes) is 8. The van der Waals surface area contributed by atoms with Gasteiger partial charge in [-0.2, -0.15) is 0 Å². The molecule has 0 spiro atoms. The molecule has 6 heteroatoms. The first-order chi connectivity index (χ1) is 21.5. The van der Waals surface area contributed by atoms with Crippen molar-refractivity contribution in [1.82, 2.24) is 0 Å². The summed E-state index contributed by atoms with van der Waals surface area (Å²) in [5.74, 6) is 1.42. The summed E-state index contributed by atoms with van der Waals surface area (Å²) in [7, 11) is -1.71. The summed E-state index contributed by atoms with van der Waals surface area (Å²) in [6, 6.07) is 16.7. The van der Waals surface area contributed by atoms with Gasteiger partial charge in [0.15, 0.2) is 0 Å². The van der Waals surface area contributed by atoms with Gasteiger partial charge in [0.2, 0.25) is 0 Å². The van der Waals surface area contributed by atoms with Crippen LogP contribution in [0.1, 0.15) is 134 Å². The molecule has 0 aromatic heterocycles. The molecule has 5 nitrogen and oxygen atoms in total. The average molecular weight is 639 g/mol. The molecule has 45 heavy (non-hydrogen) atoms. The summed E-state index contributed by atoms with van der Waals surface area (Å²) < 4.78 is 24.9. The van der Waals surface area contributed by atoms with E-state index in [1.165, 1.54) is 51.4 Å². The lowest BCUT2D eigenvalue weighted by molar-refractivity contribution is -0.116. The van der Waals surface area contributed by atoms with E-state index in [0.717, 1.165) is 55.4 Å². The topological polar surface area (TPSA) is 54.0 Å². The Morgan fingerprint density at radius 2 is 1.27 bits per heavy atom. The fourth-order valence-electron chi connectivity index (χ4n) is 5.70. The number of benzene rings is 2. The van der Waals surface area contributed by atoms with Crippen molar-refractivity contribution in [2.75, 3.05) is 13.2 Å². The quantitative estimate of drug-likeness (QED) is 0.0870. The van der Waals surface area contributed by atoms with Crippen LogP contribution < -0.4 is 9.47 Å². The normalized spacial score (nSPS) is 18.9. The number of rotatable bonds is 19. The first-order valence-corrected chi connectivity index (χ1v) is 21.1. The van der Waals surface area contributed by atoms with Gasteiger partial charge in [0, 0.05) is 0 Å². The van der Waals surface area contributed by atoms with Crippen LogP contribution >= 0.6 is 0 Å². The predicted octanol–water partition coefficient (Wildman–Crippen LogP) is 11.3. The van der Waals surface area contributed by atoms with Gasteiger partial charge in [-0.25, -0.2) is 4.79 Å². The summed E-state index contributed by atoms with van der Waals surface area (Å²) in [4.78, 5) is 13.3. The molecule has 1 saturated heterocycles. The highest BCUT2D eigenvalue weighted by molar-refractivity contribution is 6.80. The number of hydrogen-bond acceptors (Lipinski definition) is 5. The largest absolute Gasteiger partial charge is 0.494 e. The van der Waals surface area contributed by atoms with Gasteiger partial charge in [-0.1, -0.05) is 111 Å². The highest BCUT2D eigenvalue weighted by Crippen LogP contribution is 2.44. The van der Waals surface area contributed by atoms with E-state index in [1.54, 1.807) is 0 Å². The van der Waals surface area contributed by atoms with Crippen molar-refractivity contribution >= 4 is 14.0 Å². The third-order valence-electron chi connectivity index (χ3n) is 9.84. The number of carbonyl (C=O) groups excluding carboxylic acids is 1. The summed E-state index contributed by atoms with van der Waals surface area (Å²) in [5, 5.41) is 0.208. The van der Waals surface area contributed by atoms with Crippen LogP contribution in [0.15, 0.2) is 48.5 Å². The van der Waals surface area contributed by atoms with E-state index in [9.17, 15) is 4.79 Å². The van der Waals surface area contributed by atoms with Gasteiger partial charge in [0.05, 0.1) is 39.1 Å². The van der Waals surface area contributed by atoms with Crippen molar-refractivity contribution in [3.63, 3.8) is 0 Å². The lowest BCUT2D eigenvalue weighted by Gasteiger charge is -2.44. The summed E-state index contributed by atoms with van der Waals surface area (Å²) in [6.07, 6.45) is 13.4.